The van der Waals surface area contributed by atoms with Crippen LogP contribution < -0.4 is 0 Å². The van der Waals surface area contributed by atoms with Crippen molar-refractivity contribution in [3.63, 3.8) is 0 Å². The van der Waals surface area contributed by atoms with Gasteiger partial charge in [0.1, 0.15) is 6.10 Å². The molecule has 0 aromatic carbocycles. The Labute approximate surface area is 260 Å². The molecule has 2 fully saturated rings. The van der Waals surface area contributed by atoms with Crippen molar-refractivity contribution in [3.8, 4) is 0 Å². The maximum Gasteiger partial charge on any atom is 0.334 e. The van der Waals surface area contributed by atoms with E-state index < -0.39 is 24.4 Å². The topological polar surface area (TPSA) is 126 Å². The molecule has 3 heterocycles. The molecule has 0 bridgehead atoms. The predicted molar refractivity (Wildman–Crippen MR) is 168 cm³/mol. The lowest BCUT2D eigenvalue weighted by Gasteiger charge is -2.24. The van der Waals surface area contributed by atoms with Gasteiger partial charge in [-0.3, -0.25) is 0 Å². The van der Waals surface area contributed by atoms with Crippen LogP contribution in [0.3, 0.4) is 0 Å². The predicted octanol–water partition coefficient (Wildman–Crippen LogP) is 6.05. The quantitative estimate of drug-likeness (QED) is 0.0814. The number of hydrogen-bond acceptors (Lipinski definition) is 8. The number of carbonyl (C=O) groups excluding carboxylic acids is 1. The molecule has 0 aromatic rings. The number of carbonyl (C=O) groups is 1. The van der Waals surface area contributed by atoms with Gasteiger partial charge in [-0.2, -0.15) is 0 Å². The van der Waals surface area contributed by atoms with Gasteiger partial charge in [0.05, 0.1) is 48.8 Å². The number of aliphatic hydroxyl groups is 4. The second-order valence-electron chi connectivity index (χ2n) is 13.5. The Kier molecular flexibility index (Phi) is 17.1. The van der Waals surface area contributed by atoms with Crippen LogP contribution >= 0.6 is 0 Å². The molecule has 3 aliphatic heterocycles. The van der Waals surface area contributed by atoms with Gasteiger partial charge in [0.15, 0.2) is 0 Å². The summed E-state index contributed by atoms with van der Waals surface area (Å²) < 4.78 is 17.3. The van der Waals surface area contributed by atoms with Crippen LogP contribution in [0.2, 0.25) is 0 Å². The van der Waals surface area contributed by atoms with Gasteiger partial charge in [0.2, 0.25) is 0 Å². The van der Waals surface area contributed by atoms with E-state index in [0.717, 1.165) is 70.6 Å². The Hall–Kier alpha value is -1.03. The van der Waals surface area contributed by atoms with Crippen LogP contribution in [0.1, 0.15) is 149 Å². The molecule has 0 radical (unpaired) electrons. The molecule has 2 saturated heterocycles. The minimum atomic E-state index is -0.637. The van der Waals surface area contributed by atoms with Gasteiger partial charge in [-0.05, 0) is 70.8 Å². The monoisotopic (exact) mass is 610 g/mol. The van der Waals surface area contributed by atoms with Crippen LogP contribution in [0.4, 0.5) is 0 Å². The largest absolute Gasteiger partial charge is 0.455 e. The Morgan fingerprint density at radius 1 is 0.698 bits per heavy atom. The summed E-state index contributed by atoms with van der Waals surface area (Å²) in [5.74, 6) is -0.309. The Morgan fingerprint density at radius 2 is 1.23 bits per heavy atom. The molecule has 0 saturated carbocycles. The van der Waals surface area contributed by atoms with Crippen LogP contribution in [-0.4, -0.2) is 81.3 Å². The fourth-order valence-corrected chi connectivity index (χ4v) is 6.94. The summed E-state index contributed by atoms with van der Waals surface area (Å²) in [6.45, 7) is 4.06. The molecule has 0 spiro atoms. The first-order chi connectivity index (χ1) is 20.8. The van der Waals surface area contributed by atoms with Gasteiger partial charge in [0.25, 0.3) is 0 Å². The van der Waals surface area contributed by atoms with Crippen LogP contribution in [0.15, 0.2) is 11.6 Å². The zero-order valence-corrected chi connectivity index (χ0v) is 27.0. The first-order valence-corrected chi connectivity index (χ1v) is 17.7. The van der Waals surface area contributed by atoms with Gasteiger partial charge >= 0.3 is 5.97 Å². The summed E-state index contributed by atoms with van der Waals surface area (Å²) in [6.07, 6.45) is 18.7. The van der Waals surface area contributed by atoms with Crippen molar-refractivity contribution in [2.75, 3.05) is 0 Å². The highest BCUT2D eigenvalue weighted by atomic mass is 16.5. The van der Waals surface area contributed by atoms with Crippen LogP contribution in [0.25, 0.3) is 0 Å². The molecule has 4 N–H and O–H groups in total. The van der Waals surface area contributed by atoms with Gasteiger partial charge < -0.3 is 34.6 Å². The third-order valence-electron chi connectivity index (χ3n) is 9.63. The smallest absolute Gasteiger partial charge is 0.334 e. The maximum absolute atomic E-state index is 11.7. The summed E-state index contributed by atoms with van der Waals surface area (Å²) in [5, 5.41) is 42.3. The SMILES string of the molecule is CCCCCCCCCC[C@H](O)[C@@H]1CC[C@H]([C@@H](O)CC[C@H](O)[C@H]2CC[C@H](CCCCC[C@@H](O)CC3=C[C@@H](C)OC3=O)O2)O1. The van der Waals surface area contributed by atoms with E-state index in [9.17, 15) is 25.2 Å². The third-order valence-corrected chi connectivity index (χ3v) is 9.63. The lowest BCUT2D eigenvalue weighted by atomic mass is 9.98. The highest BCUT2D eigenvalue weighted by Gasteiger charge is 2.36. The van der Waals surface area contributed by atoms with Gasteiger partial charge in [0, 0.05) is 12.0 Å². The van der Waals surface area contributed by atoms with Crippen molar-refractivity contribution in [2.45, 2.75) is 204 Å². The van der Waals surface area contributed by atoms with Crippen molar-refractivity contribution in [1.82, 2.24) is 0 Å². The number of ether oxygens (including phenoxy) is 3. The molecule has 9 atom stereocenters. The third kappa shape index (κ3) is 13.5. The first-order valence-electron chi connectivity index (χ1n) is 17.7. The number of aliphatic hydroxyl groups excluding tert-OH is 4. The van der Waals surface area contributed by atoms with Crippen molar-refractivity contribution < 1.29 is 39.4 Å². The fourth-order valence-electron chi connectivity index (χ4n) is 6.94. The number of cyclic esters (lactones) is 1. The molecule has 0 unspecified atom stereocenters. The van der Waals surface area contributed by atoms with E-state index in [1.54, 1.807) is 6.08 Å². The molecule has 43 heavy (non-hydrogen) atoms. The van der Waals surface area contributed by atoms with Crippen molar-refractivity contribution in [3.05, 3.63) is 11.6 Å². The van der Waals surface area contributed by atoms with Gasteiger partial charge in [-0.1, -0.05) is 77.6 Å². The number of unbranched alkanes of at least 4 members (excludes halogenated alkanes) is 9. The zero-order chi connectivity index (χ0) is 31.0. The second kappa shape index (κ2) is 20.2. The lowest BCUT2D eigenvalue weighted by molar-refractivity contribution is -0.139. The second-order valence-corrected chi connectivity index (χ2v) is 13.5. The van der Waals surface area contributed by atoms with Crippen LogP contribution in [0.5, 0.6) is 0 Å². The van der Waals surface area contributed by atoms with E-state index >= 15 is 0 Å². The van der Waals surface area contributed by atoms with Crippen LogP contribution in [0, 0.1) is 0 Å². The molecule has 3 rings (SSSR count). The normalized spacial score (nSPS) is 28.6. The molecular weight excluding hydrogens is 548 g/mol. The summed E-state index contributed by atoms with van der Waals surface area (Å²) >= 11 is 0. The van der Waals surface area contributed by atoms with E-state index in [1.807, 2.05) is 6.92 Å². The van der Waals surface area contributed by atoms with Crippen molar-refractivity contribution >= 4 is 5.97 Å². The lowest BCUT2D eigenvalue weighted by Crippen LogP contribution is -2.33. The van der Waals surface area contributed by atoms with E-state index in [4.69, 9.17) is 14.2 Å². The maximum atomic E-state index is 11.7. The Morgan fingerprint density at radius 3 is 1.86 bits per heavy atom. The van der Waals surface area contributed by atoms with Crippen LogP contribution in [-0.2, 0) is 19.0 Å². The first kappa shape index (κ1) is 36.4. The summed E-state index contributed by atoms with van der Waals surface area (Å²) in [7, 11) is 0. The van der Waals surface area contributed by atoms with E-state index in [0.29, 0.717) is 31.3 Å². The molecule has 250 valence electrons. The number of esters is 1. The van der Waals surface area contributed by atoms with Gasteiger partial charge in [-0.25, -0.2) is 4.79 Å². The van der Waals surface area contributed by atoms with Crippen molar-refractivity contribution in [2.24, 2.45) is 0 Å². The minimum Gasteiger partial charge on any atom is -0.455 e. The Bertz CT molecular complexity index is 803. The fraction of sp³-hybridized carbons (Fsp3) is 0.914. The minimum absolute atomic E-state index is 0.149. The molecule has 8 heteroatoms. The highest BCUT2D eigenvalue weighted by Crippen LogP contribution is 2.31. The molecule has 0 aliphatic carbocycles. The van der Waals surface area contributed by atoms with E-state index in [-0.39, 0.29) is 36.5 Å². The zero-order valence-electron chi connectivity index (χ0n) is 27.0. The molecule has 8 nitrogen and oxygen atoms in total. The summed E-state index contributed by atoms with van der Waals surface area (Å²) in [5.41, 5.74) is 0.583. The number of hydrogen-bond donors (Lipinski definition) is 4. The average Bonchev–Trinajstić information content (AvgIpc) is 3.73. The molecular formula is C35H62O8. The Balaban J connectivity index is 1.19. The van der Waals surface area contributed by atoms with E-state index in [2.05, 4.69) is 6.92 Å². The molecule has 0 amide bonds. The standard InChI is InChI=1S/C35H62O8/c1-3-4-5-6-7-8-9-13-16-29(37)33-21-22-34(43-33)31(39)19-18-30(38)32-20-17-28(42-32)15-12-10-11-14-27(36)24-26-23-25(2)41-35(26)40/h23,25,27-34,36-39H,3-22,24H2,1-2H3/t25-,27-,28+,29+,30+,31+,32-,33+,34-/m1/s1. The summed E-state index contributed by atoms with van der Waals surface area (Å²) in [4.78, 5) is 11.7. The average molecular weight is 611 g/mol. The van der Waals surface area contributed by atoms with E-state index in [1.165, 1.54) is 38.5 Å². The molecule has 0 aromatic heterocycles. The number of rotatable bonds is 23. The summed E-state index contributed by atoms with van der Waals surface area (Å²) in [6, 6.07) is 0. The molecule has 3 aliphatic rings. The highest BCUT2D eigenvalue weighted by molar-refractivity contribution is 5.90. The van der Waals surface area contributed by atoms with Gasteiger partial charge in [-0.15, -0.1) is 0 Å². The van der Waals surface area contributed by atoms with Crippen molar-refractivity contribution in [1.29, 1.82) is 0 Å².